The molecule has 3 heteroatoms. The highest BCUT2D eigenvalue weighted by atomic mass is 35.5. The van der Waals surface area contributed by atoms with Crippen LogP contribution in [0.25, 0.3) is 21.5 Å². The van der Waals surface area contributed by atoms with Gasteiger partial charge in [-0.1, -0.05) is 54.1 Å². The monoisotopic (exact) mass is 342 g/mol. The standard InChI is InChI=1S/C22H15ClN2/c23-21-12-22-20(13-25(14-24-22)17-8-2-1-3-9-17)18-10-15-6-4-5-7-16(15)11-19(18)21/h1-12,14H,13H2. The van der Waals surface area contributed by atoms with Crippen molar-refractivity contribution in [1.82, 2.24) is 0 Å². The maximum absolute atomic E-state index is 6.56. The highest BCUT2D eigenvalue weighted by molar-refractivity contribution is 6.36. The third kappa shape index (κ3) is 2.38. The fourth-order valence-electron chi connectivity index (χ4n) is 3.51. The lowest BCUT2D eigenvalue weighted by Gasteiger charge is -2.26. The van der Waals surface area contributed by atoms with Crippen molar-refractivity contribution in [1.29, 1.82) is 0 Å². The number of aliphatic imine (C=N–C) groups is 1. The largest absolute Gasteiger partial charge is 0.328 e. The summed E-state index contributed by atoms with van der Waals surface area (Å²) in [6, 6.07) is 25.1. The molecule has 4 aromatic carbocycles. The average molecular weight is 343 g/mol. The topological polar surface area (TPSA) is 15.6 Å². The molecule has 120 valence electrons. The van der Waals surface area contributed by atoms with Crippen molar-refractivity contribution in [2.24, 2.45) is 4.99 Å². The second-order valence-electron chi connectivity index (χ2n) is 6.31. The van der Waals surface area contributed by atoms with Gasteiger partial charge in [-0.05, 0) is 46.5 Å². The van der Waals surface area contributed by atoms with Gasteiger partial charge in [0.1, 0.15) is 0 Å². The van der Waals surface area contributed by atoms with Crippen molar-refractivity contribution in [3.05, 3.63) is 83.4 Å². The van der Waals surface area contributed by atoms with Crippen LogP contribution in [-0.4, -0.2) is 6.34 Å². The van der Waals surface area contributed by atoms with Gasteiger partial charge in [0, 0.05) is 16.6 Å². The molecule has 0 unspecified atom stereocenters. The van der Waals surface area contributed by atoms with E-state index in [1.807, 2.05) is 30.6 Å². The quantitative estimate of drug-likeness (QED) is 0.369. The number of nitrogens with zero attached hydrogens (tertiary/aromatic N) is 2. The molecule has 0 saturated heterocycles. The summed E-state index contributed by atoms with van der Waals surface area (Å²) in [5.41, 5.74) is 3.32. The van der Waals surface area contributed by atoms with Crippen molar-refractivity contribution in [3.63, 3.8) is 0 Å². The number of hydrogen-bond donors (Lipinski definition) is 0. The Hall–Kier alpha value is -2.84. The van der Waals surface area contributed by atoms with Crippen molar-refractivity contribution in [3.8, 4) is 0 Å². The van der Waals surface area contributed by atoms with Crippen LogP contribution in [0.5, 0.6) is 0 Å². The third-order valence-electron chi connectivity index (χ3n) is 4.79. The number of halogens is 1. The summed E-state index contributed by atoms with van der Waals surface area (Å²) in [7, 11) is 0. The lowest BCUT2D eigenvalue weighted by Crippen LogP contribution is -2.23. The lowest BCUT2D eigenvalue weighted by molar-refractivity contribution is 1.01. The van der Waals surface area contributed by atoms with Crippen molar-refractivity contribution < 1.29 is 0 Å². The molecule has 2 nitrogen and oxygen atoms in total. The van der Waals surface area contributed by atoms with Gasteiger partial charge in [0.15, 0.2) is 0 Å². The zero-order chi connectivity index (χ0) is 16.8. The Morgan fingerprint density at radius 3 is 2.24 bits per heavy atom. The lowest BCUT2D eigenvalue weighted by atomic mass is 9.97. The predicted octanol–water partition coefficient (Wildman–Crippen LogP) is 6.33. The first-order chi connectivity index (χ1) is 12.3. The Bertz CT molecular complexity index is 1130. The van der Waals surface area contributed by atoms with Crippen LogP contribution in [0.15, 0.2) is 77.8 Å². The molecule has 0 amide bonds. The van der Waals surface area contributed by atoms with E-state index >= 15 is 0 Å². The summed E-state index contributed by atoms with van der Waals surface area (Å²) >= 11 is 6.56. The van der Waals surface area contributed by atoms with Gasteiger partial charge in [0.05, 0.1) is 23.6 Å². The Morgan fingerprint density at radius 2 is 1.48 bits per heavy atom. The number of hydrogen-bond acceptors (Lipinski definition) is 2. The van der Waals surface area contributed by atoms with Gasteiger partial charge < -0.3 is 4.90 Å². The first kappa shape index (κ1) is 14.5. The van der Waals surface area contributed by atoms with E-state index in [4.69, 9.17) is 11.6 Å². The molecule has 0 aliphatic carbocycles. The Morgan fingerprint density at radius 1 is 0.800 bits per heavy atom. The number of para-hydroxylation sites is 1. The molecule has 1 heterocycles. The summed E-state index contributed by atoms with van der Waals surface area (Å²) in [5, 5.41) is 5.45. The zero-order valence-electron chi connectivity index (χ0n) is 13.5. The molecule has 0 spiro atoms. The van der Waals surface area contributed by atoms with E-state index in [1.165, 1.54) is 21.7 Å². The summed E-state index contributed by atoms with van der Waals surface area (Å²) in [4.78, 5) is 6.83. The van der Waals surface area contributed by atoms with E-state index in [0.29, 0.717) is 0 Å². The normalized spacial score (nSPS) is 13.4. The smallest absolute Gasteiger partial charge is 0.0960 e. The molecule has 0 aromatic heterocycles. The van der Waals surface area contributed by atoms with Crippen molar-refractivity contribution in [2.75, 3.05) is 4.90 Å². The average Bonchev–Trinajstić information content (AvgIpc) is 2.67. The molecule has 1 aliphatic rings. The van der Waals surface area contributed by atoms with E-state index < -0.39 is 0 Å². The predicted molar refractivity (Wildman–Crippen MR) is 107 cm³/mol. The molecule has 0 radical (unpaired) electrons. The van der Waals surface area contributed by atoms with Crippen LogP contribution in [0.3, 0.4) is 0 Å². The molecule has 25 heavy (non-hydrogen) atoms. The van der Waals surface area contributed by atoms with Gasteiger partial charge in [0.25, 0.3) is 0 Å². The molecular formula is C22H15ClN2. The molecule has 1 aliphatic heterocycles. The van der Waals surface area contributed by atoms with E-state index in [1.54, 1.807) is 0 Å². The van der Waals surface area contributed by atoms with Gasteiger partial charge in [-0.25, -0.2) is 4.99 Å². The third-order valence-corrected chi connectivity index (χ3v) is 5.11. The summed E-state index contributed by atoms with van der Waals surface area (Å²) in [5.74, 6) is 0. The van der Waals surface area contributed by atoms with Crippen LogP contribution >= 0.6 is 11.6 Å². The first-order valence-electron chi connectivity index (χ1n) is 8.29. The molecular weight excluding hydrogens is 328 g/mol. The van der Waals surface area contributed by atoms with Crippen LogP contribution < -0.4 is 4.90 Å². The number of anilines is 1. The minimum atomic E-state index is 0.754. The Labute approximate surface area is 151 Å². The first-order valence-corrected chi connectivity index (χ1v) is 8.67. The number of benzene rings is 4. The molecule has 0 fully saturated rings. The van der Waals surface area contributed by atoms with Gasteiger partial charge in [-0.3, -0.25) is 0 Å². The molecule has 0 saturated carbocycles. The van der Waals surface area contributed by atoms with E-state index in [2.05, 4.69) is 58.4 Å². The zero-order valence-corrected chi connectivity index (χ0v) is 14.2. The van der Waals surface area contributed by atoms with E-state index in [9.17, 15) is 0 Å². The summed E-state index contributed by atoms with van der Waals surface area (Å²) in [6.45, 7) is 0.787. The molecule has 0 atom stereocenters. The highest BCUT2D eigenvalue weighted by Gasteiger charge is 2.18. The van der Waals surface area contributed by atoms with Gasteiger partial charge in [-0.15, -0.1) is 0 Å². The van der Waals surface area contributed by atoms with Crippen LogP contribution in [0.1, 0.15) is 5.56 Å². The van der Waals surface area contributed by atoms with Gasteiger partial charge in [-0.2, -0.15) is 0 Å². The fraction of sp³-hybridized carbons (Fsp3) is 0.0455. The Balaban J connectivity index is 1.74. The highest BCUT2D eigenvalue weighted by Crippen LogP contribution is 2.39. The number of fused-ring (bicyclic) bond motifs is 4. The maximum atomic E-state index is 6.56. The van der Waals surface area contributed by atoms with Crippen LogP contribution in [0, 0.1) is 0 Å². The minimum Gasteiger partial charge on any atom is -0.328 e. The van der Waals surface area contributed by atoms with Crippen LogP contribution in [0.2, 0.25) is 5.02 Å². The second kappa shape index (κ2) is 5.61. The molecule has 4 aromatic rings. The Kier molecular flexibility index (Phi) is 3.25. The van der Waals surface area contributed by atoms with Crippen LogP contribution in [0.4, 0.5) is 11.4 Å². The summed E-state index contributed by atoms with van der Waals surface area (Å²) in [6.07, 6.45) is 1.89. The SMILES string of the molecule is Clc1cc2c(c3cc4ccccc4cc13)CN(c1ccccc1)C=N2. The second-order valence-corrected chi connectivity index (χ2v) is 6.72. The summed E-state index contributed by atoms with van der Waals surface area (Å²) < 4.78 is 0. The van der Waals surface area contributed by atoms with Crippen molar-refractivity contribution >= 4 is 50.9 Å². The van der Waals surface area contributed by atoms with Crippen LogP contribution in [-0.2, 0) is 6.54 Å². The van der Waals surface area contributed by atoms with Gasteiger partial charge in [0.2, 0.25) is 0 Å². The van der Waals surface area contributed by atoms with E-state index in [0.717, 1.165) is 28.3 Å². The van der Waals surface area contributed by atoms with Crippen molar-refractivity contribution in [2.45, 2.75) is 6.54 Å². The minimum absolute atomic E-state index is 0.754. The molecule has 0 bridgehead atoms. The maximum Gasteiger partial charge on any atom is 0.0960 e. The molecule has 0 N–H and O–H groups in total. The fourth-order valence-corrected chi connectivity index (χ4v) is 3.77. The van der Waals surface area contributed by atoms with Gasteiger partial charge >= 0.3 is 0 Å². The van der Waals surface area contributed by atoms with E-state index in [-0.39, 0.29) is 0 Å². The number of rotatable bonds is 1. The molecule has 5 rings (SSSR count).